The van der Waals surface area contributed by atoms with Crippen LogP contribution in [0.3, 0.4) is 0 Å². The standard InChI is InChI=1S/C9H14N4S/c1-9(2,3)14-8-6(7(10)11)4-5-12-13-8/h4-5H,1-3H3,(H3,10,11). The van der Waals surface area contributed by atoms with Crippen molar-refractivity contribution in [2.24, 2.45) is 5.73 Å². The van der Waals surface area contributed by atoms with Crippen LogP contribution in [0.5, 0.6) is 0 Å². The van der Waals surface area contributed by atoms with Crippen LogP contribution in [0.25, 0.3) is 0 Å². The summed E-state index contributed by atoms with van der Waals surface area (Å²) in [7, 11) is 0. The van der Waals surface area contributed by atoms with E-state index in [1.807, 2.05) is 0 Å². The van der Waals surface area contributed by atoms with E-state index in [-0.39, 0.29) is 10.6 Å². The van der Waals surface area contributed by atoms with E-state index in [4.69, 9.17) is 11.1 Å². The summed E-state index contributed by atoms with van der Waals surface area (Å²) in [5.41, 5.74) is 6.09. The van der Waals surface area contributed by atoms with Crippen molar-refractivity contribution in [3.05, 3.63) is 17.8 Å². The van der Waals surface area contributed by atoms with Crippen LogP contribution >= 0.6 is 11.8 Å². The Morgan fingerprint density at radius 3 is 2.64 bits per heavy atom. The summed E-state index contributed by atoms with van der Waals surface area (Å²) in [5, 5.41) is 15.9. The van der Waals surface area contributed by atoms with Crippen molar-refractivity contribution in [3.63, 3.8) is 0 Å². The third-order valence-electron chi connectivity index (χ3n) is 1.38. The molecule has 0 atom stereocenters. The van der Waals surface area contributed by atoms with Crippen molar-refractivity contribution in [2.45, 2.75) is 30.5 Å². The molecule has 14 heavy (non-hydrogen) atoms. The van der Waals surface area contributed by atoms with Gasteiger partial charge >= 0.3 is 0 Å². The van der Waals surface area contributed by atoms with Gasteiger partial charge in [-0.05, 0) is 6.07 Å². The summed E-state index contributed by atoms with van der Waals surface area (Å²) in [6.07, 6.45) is 1.55. The second kappa shape index (κ2) is 3.96. The highest BCUT2D eigenvalue weighted by molar-refractivity contribution is 8.00. The number of thioether (sulfide) groups is 1. The lowest BCUT2D eigenvalue weighted by Crippen LogP contribution is -2.16. The van der Waals surface area contributed by atoms with Gasteiger partial charge in [-0.3, -0.25) is 5.41 Å². The van der Waals surface area contributed by atoms with E-state index in [0.29, 0.717) is 10.6 Å². The molecule has 0 aliphatic heterocycles. The van der Waals surface area contributed by atoms with E-state index in [1.165, 1.54) is 0 Å². The van der Waals surface area contributed by atoms with Crippen molar-refractivity contribution in [1.82, 2.24) is 10.2 Å². The minimum atomic E-state index is 0.0339. The molecular weight excluding hydrogens is 196 g/mol. The molecule has 0 unspecified atom stereocenters. The fourth-order valence-corrected chi connectivity index (χ4v) is 1.85. The first-order chi connectivity index (χ1) is 6.40. The summed E-state index contributed by atoms with van der Waals surface area (Å²) < 4.78 is 0.0419. The van der Waals surface area contributed by atoms with E-state index in [1.54, 1.807) is 24.0 Å². The van der Waals surface area contributed by atoms with Crippen LogP contribution in [-0.4, -0.2) is 20.8 Å². The predicted molar refractivity (Wildman–Crippen MR) is 58.7 cm³/mol. The van der Waals surface area contributed by atoms with E-state index >= 15 is 0 Å². The molecule has 4 nitrogen and oxygen atoms in total. The van der Waals surface area contributed by atoms with E-state index < -0.39 is 0 Å². The fraction of sp³-hybridized carbons (Fsp3) is 0.444. The highest BCUT2D eigenvalue weighted by Crippen LogP contribution is 2.31. The zero-order valence-corrected chi connectivity index (χ0v) is 9.35. The average Bonchev–Trinajstić information content (AvgIpc) is 2.01. The third kappa shape index (κ3) is 2.99. The minimum Gasteiger partial charge on any atom is -0.384 e. The first-order valence-electron chi connectivity index (χ1n) is 4.25. The maximum absolute atomic E-state index is 7.38. The van der Waals surface area contributed by atoms with Crippen LogP contribution in [0.1, 0.15) is 26.3 Å². The number of nitrogens with two attached hydrogens (primary N) is 1. The van der Waals surface area contributed by atoms with Crippen LogP contribution in [0, 0.1) is 5.41 Å². The van der Waals surface area contributed by atoms with Gasteiger partial charge in [-0.1, -0.05) is 32.5 Å². The third-order valence-corrected chi connectivity index (χ3v) is 2.49. The zero-order chi connectivity index (χ0) is 10.8. The van der Waals surface area contributed by atoms with Crippen molar-refractivity contribution >= 4 is 17.6 Å². The fourth-order valence-electron chi connectivity index (χ4n) is 0.889. The largest absolute Gasteiger partial charge is 0.384 e. The van der Waals surface area contributed by atoms with Crippen LogP contribution in [0.15, 0.2) is 17.3 Å². The Kier molecular flexibility index (Phi) is 3.10. The van der Waals surface area contributed by atoms with Gasteiger partial charge in [-0.2, -0.15) is 5.10 Å². The van der Waals surface area contributed by atoms with Gasteiger partial charge in [0.2, 0.25) is 0 Å². The highest BCUT2D eigenvalue weighted by Gasteiger charge is 2.17. The molecule has 0 aromatic carbocycles. The van der Waals surface area contributed by atoms with Gasteiger partial charge in [-0.15, -0.1) is 5.10 Å². The predicted octanol–water partition coefficient (Wildman–Crippen LogP) is 1.65. The Labute approximate surface area is 87.8 Å². The van der Waals surface area contributed by atoms with Gasteiger partial charge in [0.1, 0.15) is 10.9 Å². The molecule has 5 heteroatoms. The minimum absolute atomic E-state index is 0.0339. The molecule has 1 aromatic rings. The van der Waals surface area contributed by atoms with Crippen LogP contribution in [-0.2, 0) is 0 Å². The molecular formula is C9H14N4S. The highest BCUT2D eigenvalue weighted by atomic mass is 32.2. The van der Waals surface area contributed by atoms with E-state index in [0.717, 1.165) is 0 Å². The van der Waals surface area contributed by atoms with Gasteiger partial charge in [0.15, 0.2) is 0 Å². The normalized spacial score (nSPS) is 11.4. The smallest absolute Gasteiger partial charge is 0.130 e. The van der Waals surface area contributed by atoms with Crippen molar-refractivity contribution in [2.75, 3.05) is 0 Å². The Balaban J connectivity index is 3.02. The Hall–Kier alpha value is -1.10. The molecule has 0 saturated carbocycles. The first-order valence-corrected chi connectivity index (χ1v) is 5.07. The molecule has 0 aliphatic rings. The van der Waals surface area contributed by atoms with Gasteiger partial charge in [0.05, 0.1) is 11.8 Å². The summed E-state index contributed by atoms with van der Waals surface area (Å²) in [5.74, 6) is 0.0339. The molecule has 0 bridgehead atoms. The number of hydrogen-bond acceptors (Lipinski definition) is 4. The van der Waals surface area contributed by atoms with Gasteiger partial charge < -0.3 is 5.73 Å². The lowest BCUT2D eigenvalue weighted by Gasteiger charge is -2.17. The molecule has 0 saturated heterocycles. The maximum Gasteiger partial charge on any atom is 0.130 e. The number of aromatic nitrogens is 2. The molecule has 1 rings (SSSR count). The molecule has 1 heterocycles. The molecule has 0 radical (unpaired) electrons. The monoisotopic (exact) mass is 210 g/mol. The van der Waals surface area contributed by atoms with Crippen molar-refractivity contribution in [3.8, 4) is 0 Å². The second-order valence-electron chi connectivity index (χ2n) is 3.88. The molecule has 1 aromatic heterocycles. The molecule has 0 fully saturated rings. The molecule has 0 amide bonds. The molecule has 0 spiro atoms. The first kappa shape index (κ1) is 11.0. The van der Waals surface area contributed by atoms with E-state index in [9.17, 15) is 0 Å². The average molecular weight is 210 g/mol. The Bertz CT molecular complexity index is 343. The van der Waals surface area contributed by atoms with Crippen LogP contribution < -0.4 is 5.73 Å². The Morgan fingerprint density at radius 1 is 1.50 bits per heavy atom. The zero-order valence-electron chi connectivity index (χ0n) is 8.53. The van der Waals surface area contributed by atoms with Gasteiger partial charge in [0, 0.05) is 4.75 Å². The number of nitrogens with zero attached hydrogens (tertiary/aromatic N) is 2. The second-order valence-corrected chi connectivity index (χ2v) is 5.69. The quantitative estimate of drug-likeness (QED) is 0.442. The van der Waals surface area contributed by atoms with Crippen LogP contribution in [0.4, 0.5) is 0 Å². The molecule has 76 valence electrons. The summed E-state index contributed by atoms with van der Waals surface area (Å²) in [4.78, 5) is 0. The maximum atomic E-state index is 7.38. The lowest BCUT2D eigenvalue weighted by atomic mass is 10.3. The van der Waals surface area contributed by atoms with E-state index in [2.05, 4.69) is 31.0 Å². The Morgan fingerprint density at radius 2 is 2.14 bits per heavy atom. The summed E-state index contributed by atoms with van der Waals surface area (Å²) in [6.45, 7) is 6.24. The number of nitrogens with one attached hydrogen (secondary N) is 1. The van der Waals surface area contributed by atoms with Crippen LogP contribution in [0.2, 0.25) is 0 Å². The SMILES string of the molecule is CC(C)(C)Sc1nnccc1C(=N)N. The van der Waals surface area contributed by atoms with Crippen molar-refractivity contribution in [1.29, 1.82) is 5.41 Å². The number of nitrogen functional groups attached to an aromatic ring is 1. The lowest BCUT2D eigenvalue weighted by molar-refractivity contribution is 0.793. The van der Waals surface area contributed by atoms with Gasteiger partial charge in [0.25, 0.3) is 0 Å². The number of rotatable bonds is 2. The van der Waals surface area contributed by atoms with Gasteiger partial charge in [-0.25, -0.2) is 0 Å². The molecule has 3 N–H and O–H groups in total. The topological polar surface area (TPSA) is 75.7 Å². The number of amidine groups is 1. The number of hydrogen-bond donors (Lipinski definition) is 2. The summed E-state index contributed by atoms with van der Waals surface area (Å²) in [6, 6.07) is 1.71. The summed E-state index contributed by atoms with van der Waals surface area (Å²) >= 11 is 1.56. The molecule has 0 aliphatic carbocycles. The van der Waals surface area contributed by atoms with Crippen molar-refractivity contribution < 1.29 is 0 Å².